The van der Waals surface area contributed by atoms with Crippen molar-refractivity contribution in [1.29, 1.82) is 0 Å². The number of ether oxygens (including phenoxy) is 1. The van der Waals surface area contributed by atoms with Crippen molar-refractivity contribution >= 4 is 5.91 Å². The monoisotopic (exact) mass is 343 g/mol. The number of benzene rings is 1. The lowest BCUT2D eigenvalue weighted by Crippen LogP contribution is -2.27. The first-order valence-electron chi connectivity index (χ1n) is 8.48. The fraction of sp³-hybridized carbons (Fsp3) is 0.368. The van der Waals surface area contributed by atoms with Crippen molar-refractivity contribution in [1.82, 2.24) is 15.6 Å². The Labute approximate surface area is 146 Å². The Bertz CT molecular complexity index is 745. The Morgan fingerprint density at radius 2 is 2.12 bits per heavy atom. The highest BCUT2D eigenvalue weighted by Gasteiger charge is 2.17. The smallest absolute Gasteiger partial charge is 0.253 e. The van der Waals surface area contributed by atoms with Crippen LogP contribution in [0.3, 0.4) is 0 Å². The zero-order chi connectivity index (χ0) is 17.6. The van der Waals surface area contributed by atoms with Gasteiger partial charge in [0.2, 0.25) is 5.88 Å². The van der Waals surface area contributed by atoms with Gasteiger partial charge < -0.3 is 15.4 Å². The van der Waals surface area contributed by atoms with E-state index in [9.17, 15) is 9.18 Å². The first-order valence-corrected chi connectivity index (χ1v) is 8.48. The maximum atomic E-state index is 14.0. The standard InChI is InChI=1S/C19H22FN3O2/c1-21-19(24)15-6-5-13(11-16(15)20)12-25-18-4-2-3-17(23-18)14-7-9-22-10-8-14/h2-6,11,14,22H,7-10,12H2,1H3,(H,21,24). The van der Waals surface area contributed by atoms with Crippen LogP contribution in [0.1, 0.15) is 40.4 Å². The Hall–Kier alpha value is -2.47. The summed E-state index contributed by atoms with van der Waals surface area (Å²) in [5, 5.41) is 5.76. The highest BCUT2D eigenvalue weighted by molar-refractivity contribution is 5.94. The van der Waals surface area contributed by atoms with Gasteiger partial charge in [0.05, 0.1) is 5.56 Å². The molecule has 1 fully saturated rings. The van der Waals surface area contributed by atoms with Gasteiger partial charge in [-0.3, -0.25) is 4.79 Å². The summed E-state index contributed by atoms with van der Waals surface area (Å²) in [5.74, 6) is -0.0147. The number of nitrogens with zero attached hydrogens (tertiary/aromatic N) is 1. The van der Waals surface area contributed by atoms with Gasteiger partial charge in [0.1, 0.15) is 12.4 Å². The number of aromatic nitrogens is 1. The zero-order valence-corrected chi connectivity index (χ0v) is 14.2. The molecule has 2 N–H and O–H groups in total. The summed E-state index contributed by atoms with van der Waals surface area (Å²) in [6.07, 6.45) is 2.14. The molecule has 0 unspecified atom stereocenters. The molecule has 1 amide bonds. The number of nitrogens with one attached hydrogen (secondary N) is 2. The fourth-order valence-corrected chi connectivity index (χ4v) is 2.98. The van der Waals surface area contributed by atoms with Crippen LogP contribution < -0.4 is 15.4 Å². The summed E-state index contributed by atoms with van der Waals surface area (Å²) in [6.45, 7) is 2.22. The van der Waals surface area contributed by atoms with Gasteiger partial charge in [-0.05, 0) is 49.7 Å². The predicted octanol–water partition coefficient (Wildman–Crippen LogP) is 2.63. The van der Waals surface area contributed by atoms with Gasteiger partial charge in [-0.2, -0.15) is 0 Å². The first kappa shape index (κ1) is 17.4. The van der Waals surface area contributed by atoms with Crippen molar-refractivity contribution in [3.05, 3.63) is 59.0 Å². The predicted molar refractivity (Wildman–Crippen MR) is 93.2 cm³/mol. The lowest BCUT2D eigenvalue weighted by Gasteiger charge is -2.22. The summed E-state index contributed by atoms with van der Waals surface area (Å²) in [7, 11) is 1.47. The Kier molecular flexibility index (Phi) is 5.60. The first-order chi connectivity index (χ1) is 12.2. The van der Waals surface area contributed by atoms with E-state index < -0.39 is 11.7 Å². The second-order valence-electron chi connectivity index (χ2n) is 6.11. The zero-order valence-electron chi connectivity index (χ0n) is 14.2. The third kappa shape index (κ3) is 4.33. The van der Waals surface area contributed by atoms with Crippen molar-refractivity contribution in [3.63, 3.8) is 0 Å². The third-order valence-corrected chi connectivity index (χ3v) is 4.39. The molecule has 5 nitrogen and oxygen atoms in total. The van der Waals surface area contributed by atoms with Crippen molar-refractivity contribution in [2.45, 2.75) is 25.4 Å². The van der Waals surface area contributed by atoms with Crippen LogP contribution in [0.4, 0.5) is 4.39 Å². The lowest BCUT2D eigenvalue weighted by atomic mass is 9.94. The van der Waals surface area contributed by atoms with E-state index in [4.69, 9.17) is 4.74 Å². The molecule has 2 heterocycles. The molecule has 0 atom stereocenters. The number of carbonyl (C=O) groups is 1. The van der Waals surface area contributed by atoms with Crippen LogP contribution in [0, 0.1) is 5.82 Å². The van der Waals surface area contributed by atoms with Gasteiger partial charge >= 0.3 is 0 Å². The number of rotatable bonds is 5. The van der Waals surface area contributed by atoms with Crippen LogP contribution >= 0.6 is 0 Å². The average molecular weight is 343 g/mol. The molecular weight excluding hydrogens is 321 g/mol. The molecule has 0 bridgehead atoms. The second-order valence-corrected chi connectivity index (χ2v) is 6.11. The summed E-state index contributed by atoms with van der Waals surface area (Å²) in [4.78, 5) is 16.1. The number of amides is 1. The molecule has 132 valence electrons. The van der Waals surface area contributed by atoms with Crippen LogP contribution in [-0.2, 0) is 6.61 Å². The van der Waals surface area contributed by atoms with Crippen molar-refractivity contribution in [2.75, 3.05) is 20.1 Å². The molecule has 1 aliphatic heterocycles. The van der Waals surface area contributed by atoms with Gasteiger partial charge in [-0.25, -0.2) is 9.37 Å². The van der Waals surface area contributed by atoms with E-state index in [2.05, 4.69) is 15.6 Å². The van der Waals surface area contributed by atoms with Crippen LogP contribution in [0.5, 0.6) is 5.88 Å². The van der Waals surface area contributed by atoms with Crippen LogP contribution in [0.25, 0.3) is 0 Å². The summed E-state index contributed by atoms with van der Waals surface area (Å²) >= 11 is 0. The molecule has 0 aliphatic carbocycles. The van der Waals surface area contributed by atoms with E-state index in [0.29, 0.717) is 17.4 Å². The van der Waals surface area contributed by atoms with E-state index >= 15 is 0 Å². The topological polar surface area (TPSA) is 63.2 Å². The van der Waals surface area contributed by atoms with Gasteiger partial charge in [0, 0.05) is 24.7 Å². The molecule has 0 spiro atoms. The largest absolute Gasteiger partial charge is 0.473 e. The molecule has 6 heteroatoms. The summed E-state index contributed by atoms with van der Waals surface area (Å²) in [6, 6.07) is 10.2. The van der Waals surface area contributed by atoms with Crippen molar-refractivity contribution < 1.29 is 13.9 Å². The fourth-order valence-electron chi connectivity index (χ4n) is 2.98. The molecule has 2 aromatic rings. The number of hydrogen-bond donors (Lipinski definition) is 2. The lowest BCUT2D eigenvalue weighted by molar-refractivity contribution is 0.0959. The quantitative estimate of drug-likeness (QED) is 0.876. The molecule has 1 aromatic carbocycles. The maximum Gasteiger partial charge on any atom is 0.253 e. The molecule has 1 saturated heterocycles. The Morgan fingerprint density at radius 1 is 1.32 bits per heavy atom. The number of carbonyl (C=O) groups excluding carboxylic acids is 1. The second kappa shape index (κ2) is 8.07. The molecule has 1 aromatic heterocycles. The van der Waals surface area contributed by atoms with E-state index in [-0.39, 0.29) is 12.2 Å². The molecule has 0 saturated carbocycles. The van der Waals surface area contributed by atoms with E-state index in [0.717, 1.165) is 31.6 Å². The van der Waals surface area contributed by atoms with Crippen LogP contribution in [0.2, 0.25) is 0 Å². The average Bonchev–Trinajstić information content (AvgIpc) is 2.67. The van der Waals surface area contributed by atoms with Crippen LogP contribution in [-0.4, -0.2) is 31.0 Å². The summed E-state index contributed by atoms with van der Waals surface area (Å²) in [5.41, 5.74) is 1.72. The van der Waals surface area contributed by atoms with Crippen molar-refractivity contribution in [2.24, 2.45) is 0 Å². The van der Waals surface area contributed by atoms with Crippen molar-refractivity contribution in [3.8, 4) is 5.88 Å². The highest BCUT2D eigenvalue weighted by Crippen LogP contribution is 2.25. The minimum absolute atomic E-state index is 0.0253. The third-order valence-electron chi connectivity index (χ3n) is 4.39. The van der Waals surface area contributed by atoms with Gasteiger partial charge in [-0.1, -0.05) is 12.1 Å². The number of halogens is 1. The number of piperidine rings is 1. The molecule has 3 rings (SSSR count). The van der Waals surface area contributed by atoms with Crippen LogP contribution in [0.15, 0.2) is 36.4 Å². The highest BCUT2D eigenvalue weighted by atomic mass is 19.1. The van der Waals surface area contributed by atoms with E-state index in [1.54, 1.807) is 12.1 Å². The minimum Gasteiger partial charge on any atom is -0.473 e. The number of hydrogen-bond acceptors (Lipinski definition) is 4. The number of pyridine rings is 1. The molecule has 25 heavy (non-hydrogen) atoms. The SMILES string of the molecule is CNC(=O)c1ccc(COc2cccc(C3CCNCC3)n2)cc1F. The molecule has 0 radical (unpaired) electrons. The van der Waals surface area contributed by atoms with E-state index in [1.165, 1.54) is 19.2 Å². The Morgan fingerprint density at radius 3 is 2.84 bits per heavy atom. The normalized spacial score (nSPS) is 15.0. The minimum atomic E-state index is -0.558. The molecule has 1 aliphatic rings. The van der Waals surface area contributed by atoms with Gasteiger partial charge in [-0.15, -0.1) is 0 Å². The Balaban J connectivity index is 1.65. The van der Waals surface area contributed by atoms with Gasteiger partial charge in [0.25, 0.3) is 5.91 Å². The molecular formula is C19H22FN3O2. The van der Waals surface area contributed by atoms with E-state index in [1.807, 2.05) is 12.1 Å². The summed E-state index contributed by atoms with van der Waals surface area (Å²) < 4.78 is 19.7. The maximum absolute atomic E-state index is 14.0. The van der Waals surface area contributed by atoms with Gasteiger partial charge in [0.15, 0.2) is 0 Å².